The fraction of sp³-hybridized carbons (Fsp3) is 0.684. The number of aromatic hydroxyl groups is 1. The molecule has 0 amide bonds. The van der Waals surface area contributed by atoms with Gasteiger partial charge in [0, 0.05) is 6.54 Å². The lowest BCUT2D eigenvalue weighted by atomic mass is 9.66. The lowest BCUT2D eigenvalue weighted by Gasteiger charge is -2.40. The molecule has 0 heterocycles. The summed E-state index contributed by atoms with van der Waals surface area (Å²) in [7, 11) is 2.07. The van der Waals surface area contributed by atoms with Crippen molar-refractivity contribution in [2.24, 2.45) is 11.3 Å². The average Bonchev–Trinajstić information content (AvgIpc) is 2.50. The smallest absolute Gasteiger partial charge is 0.115 e. The average molecular weight is 289 g/mol. The van der Waals surface area contributed by atoms with E-state index in [1.807, 2.05) is 12.1 Å². The van der Waals surface area contributed by atoms with Gasteiger partial charge in [0.15, 0.2) is 0 Å². The Bertz CT molecular complexity index is 404. The van der Waals surface area contributed by atoms with E-state index in [9.17, 15) is 5.11 Å². The zero-order valence-corrected chi connectivity index (χ0v) is 13.7. The molecule has 0 aliphatic heterocycles. The van der Waals surface area contributed by atoms with E-state index in [1.54, 1.807) is 0 Å². The topological polar surface area (TPSA) is 32.3 Å². The molecule has 118 valence electrons. The van der Waals surface area contributed by atoms with Crippen LogP contribution in [-0.2, 0) is 6.42 Å². The summed E-state index contributed by atoms with van der Waals surface area (Å²) >= 11 is 0. The molecule has 0 spiro atoms. The van der Waals surface area contributed by atoms with Crippen LogP contribution < -0.4 is 5.32 Å². The van der Waals surface area contributed by atoms with E-state index >= 15 is 0 Å². The van der Waals surface area contributed by atoms with Crippen molar-refractivity contribution in [3.8, 4) is 5.75 Å². The summed E-state index contributed by atoms with van der Waals surface area (Å²) in [4.78, 5) is 0. The molecular weight excluding hydrogens is 258 g/mol. The van der Waals surface area contributed by atoms with Gasteiger partial charge in [-0.1, -0.05) is 38.3 Å². The molecule has 2 N–H and O–H groups in total. The second-order valence-corrected chi connectivity index (χ2v) is 6.96. The first-order valence-corrected chi connectivity index (χ1v) is 8.60. The number of hydrogen-bond acceptors (Lipinski definition) is 2. The van der Waals surface area contributed by atoms with E-state index in [4.69, 9.17) is 0 Å². The number of phenolic OH excluding ortho intramolecular Hbond substituents is 1. The Balaban J connectivity index is 1.96. The van der Waals surface area contributed by atoms with Crippen LogP contribution in [0.15, 0.2) is 24.3 Å². The third-order valence-electron chi connectivity index (χ3n) is 5.20. The van der Waals surface area contributed by atoms with Gasteiger partial charge in [0.05, 0.1) is 0 Å². The molecule has 0 aromatic heterocycles. The SMILES string of the molecule is CCCCC1CCC(CNC)(Cc2ccc(O)cc2)CC1. The van der Waals surface area contributed by atoms with E-state index in [1.165, 1.54) is 50.5 Å². The van der Waals surface area contributed by atoms with Gasteiger partial charge in [-0.15, -0.1) is 0 Å². The minimum Gasteiger partial charge on any atom is -0.508 e. The van der Waals surface area contributed by atoms with Gasteiger partial charge in [-0.25, -0.2) is 0 Å². The third kappa shape index (κ3) is 4.74. The van der Waals surface area contributed by atoms with E-state index in [2.05, 4.69) is 31.4 Å². The summed E-state index contributed by atoms with van der Waals surface area (Å²) < 4.78 is 0. The highest BCUT2D eigenvalue weighted by atomic mass is 16.3. The Morgan fingerprint density at radius 3 is 2.43 bits per heavy atom. The molecule has 1 aromatic rings. The number of phenols is 1. The largest absolute Gasteiger partial charge is 0.508 e. The second kappa shape index (κ2) is 7.84. The van der Waals surface area contributed by atoms with Crippen LogP contribution >= 0.6 is 0 Å². The molecular formula is C19H31NO. The minimum absolute atomic E-state index is 0.365. The van der Waals surface area contributed by atoms with Crippen LogP contribution in [0.1, 0.15) is 57.4 Å². The van der Waals surface area contributed by atoms with Crippen molar-refractivity contribution in [2.45, 2.75) is 58.3 Å². The maximum Gasteiger partial charge on any atom is 0.115 e. The predicted molar refractivity (Wildman–Crippen MR) is 89.7 cm³/mol. The Kier molecular flexibility index (Phi) is 6.10. The highest BCUT2D eigenvalue weighted by Crippen LogP contribution is 2.42. The molecule has 2 rings (SSSR count). The first-order chi connectivity index (χ1) is 10.2. The molecule has 2 nitrogen and oxygen atoms in total. The molecule has 0 atom stereocenters. The molecule has 1 aliphatic rings. The molecule has 1 aromatic carbocycles. The van der Waals surface area contributed by atoms with Crippen LogP contribution in [0.2, 0.25) is 0 Å². The standard InChI is InChI=1S/C19H31NO/c1-3-4-5-16-10-12-19(13-11-16,15-20-2)14-17-6-8-18(21)9-7-17/h6-9,16,20-21H,3-5,10-15H2,1-2H3. The minimum atomic E-state index is 0.365. The van der Waals surface area contributed by atoms with Gasteiger partial charge in [0.2, 0.25) is 0 Å². The van der Waals surface area contributed by atoms with Gasteiger partial charge in [0.1, 0.15) is 5.75 Å². The number of benzene rings is 1. The normalized spacial score (nSPS) is 25.9. The van der Waals surface area contributed by atoms with Crippen LogP contribution in [0.25, 0.3) is 0 Å². The maximum absolute atomic E-state index is 9.43. The fourth-order valence-corrected chi connectivity index (χ4v) is 3.91. The van der Waals surface area contributed by atoms with Crippen molar-refractivity contribution in [2.75, 3.05) is 13.6 Å². The maximum atomic E-state index is 9.43. The quantitative estimate of drug-likeness (QED) is 0.773. The molecule has 1 fully saturated rings. The van der Waals surface area contributed by atoms with Crippen molar-refractivity contribution in [3.63, 3.8) is 0 Å². The van der Waals surface area contributed by atoms with Crippen molar-refractivity contribution >= 4 is 0 Å². The molecule has 21 heavy (non-hydrogen) atoms. The van der Waals surface area contributed by atoms with Crippen LogP contribution in [0.3, 0.4) is 0 Å². The molecule has 0 unspecified atom stereocenters. The van der Waals surface area contributed by atoms with Crippen molar-refractivity contribution < 1.29 is 5.11 Å². The fourth-order valence-electron chi connectivity index (χ4n) is 3.91. The number of hydrogen-bond donors (Lipinski definition) is 2. The van der Waals surface area contributed by atoms with E-state index in [0.29, 0.717) is 11.2 Å². The predicted octanol–water partition coefficient (Wildman–Crippen LogP) is 4.52. The summed E-state index contributed by atoms with van der Waals surface area (Å²) in [6.07, 6.45) is 10.7. The summed E-state index contributed by atoms with van der Waals surface area (Å²) in [5.74, 6) is 1.32. The van der Waals surface area contributed by atoms with Crippen molar-refractivity contribution in [1.29, 1.82) is 0 Å². The summed E-state index contributed by atoms with van der Waals surface area (Å²) in [6.45, 7) is 3.40. The zero-order chi connectivity index (χ0) is 15.1. The molecule has 2 heteroatoms. The van der Waals surface area contributed by atoms with Gasteiger partial charge in [-0.05, 0) is 68.2 Å². The monoisotopic (exact) mass is 289 g/mol. The van der Waals surface area contributed by atoms with Crippen molar-refractivity contribution in [1.82, 2.24) is 5.32 Å². The van der Waals surface area contributed by atoms with Crippen LogP contribution in [0.4, 0.5) is 0 Å². The first-order valence-electron chi connectivity index (χ1n) is 8.60. The molecule has 1 aliphatic carbocycles. The lowest BCUT2D eigenvalue weighted by Crippen LogP contribution is -2.38. The van der Waals surface area contributed by atoms with Gasteiger partial charge >= 0.3 is 0 Å². The Morgan fingerprint density at radius 2 is 1.86 bits per heavy atom. The van der Waals surface area contributed by atoms with Crippen LogP contribution in [-0.4, -0.2) is 18.7 Å². The summed E-state index contributed by atoms with van der Waals surface area (Å²) in [5.41, 5.74) is 1.77. The van der Waals surface area contributed by atoms with E-state index in [0.717, 1.165) is 18.9 Å². The number of unbranched alkanes of at least 4 members (excludes halogenated alkanes) is 1. The third-order valence-corrected chi connectivity index (χ3v) is 5.20. The highest BCUT2D eigenvalue weighted by Gasteiger charge is 2.34. The Hall–Kier alpha value is -1.02. The second-order valence-electron chi connectivity index (χ2n) is 6.96. The summed E-state index contributed by atoms with van der Waals surface area (Å²) in [6, 6.07) is 7.79. The molecule has 0 bridgehead atoms. The van der Waals surface area contributed by atoms with Gasteiger partial charge < -0.3 is 10.4 Å². The molecule has 0 radical (unpaired) electrons. The van der Waals surface area contributed by atoms with Crippen molar-refractivity contribution in [3.05, 3.63) is 29.8 Å². The highest BCUT2D eigenvalue weighted by molar-refractivity contribution is 5.26. The molecule has 0 saturated heterocycles. The number of nitrogens with one attached hydrogen (secondary N) is 1. The van der Waals surface area contributed by atoms with Crippen LogP contribution in [0.5, 0.6) is 5.75 Å². The van der Waals surface area contributed by atoms with Gasteiger partial charge in [-0.3, -0.25) is 0 Å². The number of rotatable bonds is 7. The lowest BCUT2D eigenvalue weighted by molar-refractivity contribution is 0.141. The van der Waals surface area contributed by atoms with Gasteiger partial charge in [0.25, 0.3) is 0 Å². The van der Waals surface area contributed by atoms with E-state index in [-0.39, 0.29) is 0 Å². The Labute approximate surface area is 130 Å². The first kappa shape index (κ1) is 16.4. The van der Waals surface area contributed by atoms with Gasteiger partial charge in [-0.2, -0.15) is 0 Å². The molecule has 1 saturated carbocycles. The zero-order valence-electron chi connectivity index (χ0n) is 13.7. The van der Waals surface area contributed by atoms with E-state index < -0.39 is 0 Å². The Morgan fingerprint density at radius 1 is 1.19 bits per heavy atom. The van der Waals surface area contributed by atoms with Crippen LogP contribution in [0, 0.1) is 11.3 Å². The summed E-state index contributed by atoms with van der Waals surface area (Å²) in [5, 5.41) is 12.9.